The quantitative estimate of drug-likeness (QED) is 0.610. The minimum atomic E-state index is -0.0727. The smallest absolute Gasteiger partial charge is 0.234 e. The SMILES string of the molecule is CCc1ccc(NC(=O)CSc2nnc(C3CCCCC3)n2N)cc1. The van der Waals surface area contributed by atoms with Crippen molar-refractivity contribution in [3.8, 4) is 0 Å². The van der Waals surface area contributed by atoms with Gasteiger partial charge in [0.2, 0.25) is 11.1 Å². The lowest BCUT2D eigenvalue weighted by atomic mass is 9.89. The van der Waals surface area contributed by atoms with Gasteiger partial charge in [-0.25, -0.2) is 4.68 Å². The Morgan fingerprint density at radius 2 is 1.96 bits per heavy atom. The van der Waals surface area contributed by atoms with E-state index in [-0.39, 0.29) is 11.7 Å². The van der Waals surface area contributed by atoms with Crippen molar-refractivity contribution in [2.24, 2.45) is 0 Å². The van der Waals surface area contributed by atoms with Gasteiger partial charge in [-0.05, 0) is 37.0 Å². The molecule has 1 aliphatic carbocycles. The van der Waals surface area contributed by atoms with Gasteiger partial charge in [-0.2, -0.15) is 0 Å². The first-order valence-electron chi connectivity index (χ1n) is 8.89. The predicted octanol–water partition coefficient (Wildman–Crippen LogP) is 3.33. The van der Waals surface area contributed by atoms with Gasteiger partial charge in [0, 0.05) is 11.6 Å². The predicted molar refractivity (Wildman–Crippen MR) is 101 cm³/mol. The van der Waals surface area contributed by atoms with Crippen LogP contribution in [0.2, 0.25) is 0 Å². The van der Waals surface area contributed by atoms with Crippen LogP contribution in [0.25, 0.3) is 0 Å². The molecule has 0 atom stereocenters. The summed E-state index contributed by atoms with van der Waals surface area (Å²) < 4.78 is 1.56. The molecule has 1 fully saturated rings. The molecule has 6 nitrogen and oxygen atoms in total. The average molecular weight is 359 g/mol. The first-order valence-corrected chi connectivity index (χ1v) is 9.88. The number of aromatic nitrogens is 3. The van der Waals surface area contributed by atoms with Gasteiger partial charge in [0.25, 0.3) is 0 Å². The topological polar surface area (TPSA) is 85.8 Å². The summed E-state index contributed by atoms with van der Waals surface area (Å²) in [6.45, 7) is 2.11. The highest BCUT2D eigenvalue weighted by Gasteiger charge is 2.22. The van der Waals surface area contributed by atoms with Gasteiger partial charge in [-0.1, -0.05) is 50.1 Å². The van der Waals surface area contributed by atoms with E-state index in [1.54, 1.807) is 4.68 Å². The van der Waals surface area contributed by atoms with Gasteiger partial charge in [0.05, 0.1) is 5.75 Å². The summed E-state index contributed by atoms with van der Waals surface area (Å²) in [6.07, 6.45) is 6.96. The summed E-state index contributed by atoms with van der Waals surface area (Å²) in [5, 5.41) is 11.9. The molecule has 0 unspecified atom stereocenters. The lowest BCUT2D eigenvalue weighted by Crippen LogP contribution is -2.19. The number of hydrogen-bond acceptors (Lipinski definition) is 5. The number of anilines is 1. The standard InChI is InChI=1S/C18H25N5OS/c1-2-13-8-10-15(11-9-13)20-16(24)12-25-18-22-21-17(23(18)19)14-6-4-3-5-7-14/h8-11,14H,2-7,12,19H2,1H3,(H,20,24). The second kappa shape index (κ2) is 8.38. The second-order valence-corrected chi connectivity index (χ2v) is 7.38. The summed E-state index contributed by atoms with van der Waals surface area (Å²) in [7, 11) is 0. The number of nitrogens with zero attached hydrogens (tertiary/aromatic N) is 3. The maximum Gasteiger partial charge on any atom is 0.234 e. The Bertz CT molecular complexity index is 707. The van der Waals surface area contributed by atoms with Crippen molar-refractivity contribution in [3.05, 3.63) is 35.7 Å². The molecule has 2 aromatic rings. The van der Waals surface area contributed by atoms with Crippen molar-refractivity contribution in [1.82, 2.24) is 14.9 Å². The molecule has 0 spiro atoms. The summed E-state index contributed by atoms with van der Waals surface area (Å²) in [6, 6.07) is 7.90. The zero-order valence-electron chi connectivity index (χ0n) is 14.6. The second-order valence-electron chi connectivity index (χ2n) is 6.43. The fourth-order valence-corrected chi connectivity index (χ4v) is 3.84. The molecule has 1 saturated carbocycles. The number of nitrogen functional groups attached to an aromatic ring is 1. The zero-order chi connectivity index (χ0) is 17.6. The largest absolute Gasteiger partial charge is 0.336 e. The van der Waals surface area contributed by atoms with Gasteiger partial charge in [-0.15, -0.1) is 10.2 Å². The summed E-state index contributed by atoms with van der Waals surface area (Å²) in [4.78, 5) is 12.1. The molecule has 134 valence electrons. The lowest BCUT2D eigenvalue weighted by Gasteiger charge is -2.20. The first-order chi connectivity index (χ1) is 12.2. The molecule has 0 saturated heterocycles. The highest BCUT2D eigenvalue weighted by Crippen LogP contribution is 2.32. The minimum Gasteiger partial charge on any atom is -0.336 e. The number of aryl methyl sites for hydroxylation is 1. The fraction of sp³-hybridized carbons (Fsp3) is 0.500. The normalized spacial score (nSPS) is 15.2. The molecule has 0 radical (unpaired) electrons. The number of benzene rings is 1. The summed E-state index contributed by atoms with van der Waals surface area (Å²) in [5.74, 6) is 7.57. The molecule has 1 aliphatic rings. The van der Waals surface area contributed by atoms with Gasteiger partial charge in [-0.3, -0.25) is 4.79 Å². The maximum atomic E-state index is 12.1. The first kappa shape index (κ1) is 17.8. The van der Waals surface area contributed by atoms with Gasteiger partial charge in [0.15, 0.2) is 5.82 Å². The van der Waals surface area contributed by atoms with Crippen molar-refractivity contribution in [2.75, 3.05) is 16.9 Å². The number of carbonyl (C=O) groups excluding carboxylic acids is 1. The summed E-state index contributed by atoms with van der Waals surface area (Å²) in [5.41, 5.74) is 2.05. The Hall–Kier alpha value is -2.02. The molecule has 1 aromatic heterocycles. The Kier molecular flexibility index (Phi) is 5.96. The van der Waals surface area contributed by atoms with E-state index >= 15 is 0 Å². The van der Waals surface area contributed by atoms with Gasteiger partial charge >= 0.3 is 0 Å². The van der Waals surface area contributed by atoms with Gasteiger partial charge < -0.3 is 11.2 Å². The highest BCUT2D eigenvalue weighted by atomic mass is 32.2. The van der Waals surface area contributed by atoms with E-state index in [1.807, 2.05) is 24.3 Å². The third-order valence-corrected chi connectivity index (χ3v) is 5.58. The van der Waals surface area contributed by atoms with E-state index in [2.05, 4.69) is 22.4 Å². The number of hydrogen-bond donors (Lipinski definition) is 2. The Balaban J connectivity index is 1.54. The fourth-order valence-electron chi connectivity index (χ4n) is 3.18. The van der Waals surface area contributed by atoms with Crippen LogP contribution in [0.3, 0.4) is 0 Å². The lowest BCUT2D eigenvalue weighted by molar-refractivity contribution is -0.113. The van der Waals surface area contributed by atoms with Crippen LogP contribution in [-0.2, 0) is 11.2 Å². The summed E-state index contributed by atoms with van der Waals surface area (Å²) >= 11 is 1.32. The van der Waals surface area contributed by atoms with E-state index < -0.39 is 0 Å². The van der Waals surface area contributed by atoms with Crippen molar-refractivity contribution in [2.45, 2.75) is 56.5 Å². The maximum absolute atomic E-state index is 12.1. The third-order valence-electron chi connectivity index (χ3n) is 4.64. The van der Waals surface area contributed by atoms with E-state index in [1.165, 1.54) is 36.6 Å². The van der Waals surface area contributed by atoms with Crippen LogP contribution < -0.4 is 11.2 Å². The van der Waals surface area contributed by atoms with Crippen LogP contribution in [0.1, 0.15) is 56.3 Å². The van der Waals surface area contributed by atoms with Gasteiger partial charge in [0.1, 0.15) is 0 Å². The molecule has 3 rings (SSSR count). The van der Waals surface area contributed by atoms with E-state index in [0.717, 1.165) is 30.8 Å². The van der Waals surface area contributed by atoms with Crippen LogP contribution in [0, 0.1) is 0 Å². The van der Waals surface area contributed by atoms with E-state index in [4.69, 9.17) is 5.84 Å². The van der Waals surface area contributed by atoms with Crippen LogP contribution >= 0.6 is 11.8 Å². The Morgan fingerprint density at radius 3 is 2.64 bits per heavy atom. The molecular weight excluding hydrogens is 334 g/mol. The number of nitrogens with two attached hydrogens (primary N) is 1. The van der Waals surface area contributed by atoms with E-state index in [0.29, 0.717) is 11.1 Å². The molecule has 1 amide bonds. The van der Waals surface area contributed by atoms with Crippen LogP contribution in [0.4, 0.5) is 5.69 Å². The van der Waals surface area contributed by atoms with E-state index in [9.17, 15) is 4.79 Å². The number of amides is 1. The number of carbonyl (C=O) groups is 1. The minimum absolute atomic E-state index is 0.0727. The monoisotopic (exact) mass is 359 g/mol. The Labute approximate surface area is 152 Å². The molecule has 3 N–H and O–H groups in total. The zero-order valence-corrected chi connectivity index (χ0v) is 15.4. The van der Waals surface area contributed by atoms with Crippen molar-refractivity contribution in [1.29, 1.82) is 0 Å². The van der Waals surface area contributed by atoms with Crippen LogP contribution in [0.5, 0.6) is 0 Å². The average Bonchev–Trinajstić information content (AvgIpc) is 3.02. The third kappa shape index (κ3) is 4.54. The molecule has 1 heterocycles. The number of thioether (sulfide) groups is 1. The molecule has 7 heteroatoms. The Morgan fingerprint density at radius 1 is 1.24 bits per heavy atom. The van der Waals surface area contributed by atoms with Crippen molar-refractivity contribution in [3.63, 3.8) is 0 Å². The van der Waals surface area contributed by atoms with Crippen LogP contribution in [-0.4, -0.2) is 26.5 Å². The molecular formula is C18H25N5OS. The van der Waals surface area contributed by atoms with Crippen LogP contribution in [0.15, 0.2) is 29.4 Å². The molecule has 0 aliphatic heterocycles. The number of nitrogens with one attached hydrogen (secondary N) is 1. The van der Waals surface area contributed by atoms with Crippen molar-refractivity contribution >= 4 is 23.4 Å². The molecule has 25 heavy (non-hydrogen) atoms. The molecule has 0 bridgehead atoms. The highest BCUT2D eigenvalue weighted by molar-refractivity contribution is 7.99. The number of rotatable bonds is 6. The van der Waals surface area contributed by atoms with Crippen molar-refractivity contribution < 1.29 is 4.79 Å². The molecule has 1 aromatic carbocycles.